The van der Waals surface area contributed by atoms with Crippen molar-refractivity contribution < 1.29 is 23.5 Å². The molecule has 3 aromatic rings. The maximum atomic E-state index is 13.0. The fourth-order valence-electron chi connectivity index (χ4n) is 3.11. The molecule has 166 valence electrons. The number of halogens is 3. The molecule has 3 aromatic carbocycles. The van der Waals surface area contributed by atoms with Gasteiger partial charge in [-0.15, -0.1) is 0 Å². The van der Waals surface area contributed by atoms with Crippen LogP contribution in [-0.4, -0.2) is 17.8 Å². The number of hydrogen-bond donors (Lipinski definition) is 1. The van der Waals surface area contributed by atoms with Gasteiger partial charge in [0.05, 0.1) is 9.26 Å². The van der Waals surface area contributed by atoms with Crippen LogP contribution in [0.5, 0.6) is 5.75 Å². The molecule has 0 aromatic heterocycles. The lowest BCUT2D eigenvalue weighted by Crippen LogP contribution is -2.54. The normalized spacial score (nSPS) is 15.1. The lowest BCUT2D eigenvalue weighted by atomic mass is 10.1. The Morgan fingerprint density at radius 3 is 2.36 bits per heavy atom. The number of amides is 4. The van der Waals surface area contributed by atoms with Crippen LogP contribution in [-0.2, 0) is 16.2 Å². The number of imide groups is 2. The molecule has 9 heteroatoms. The Hall–Kier alpha value is -3.24. The molecule has 0 radical (unpaired) electrons. The second kappa shape index (κ2) is 9.72. The summed E-state index contributed by atoms with van der Waals surface area (Å²) in [6.45, 7) is 0.260. The lowest BCUT2D eigenvalue weighted by molar-refractivity contribution is -0.122. The Morgan fingerprint density at radius 2 is 1.70 bits per heavy atom. The first-order valence-corrected chi connectivity index (χ1v) is 11.1. The molecule has 6 nitrogen and oxygen atoms in total. The molecule has 4 amide bonds. The number of rotatable bonds is 5. The van der Waals surface area contributed by atoms with Gasteiger partial charge in [-0.05, 0) is 88.3 Å². The number of urea groups is 1. The van der Waals surface area contributed by atoms with Crippen LogP contribution < -0.4 is 15.0 Å². The molecule has 1 aliphatic rings. The molecule has 1 aliphatic heterocycles. The molecule has 1 fully saturated rings. The highest BCUT2D eigenvalue weighted by Crippen LogP contribution is 2.27. The minimum atomic E-state index is -0.830. The second-order valence-corrected chi connectivity index (χ2v) is 8.64. The summed E-state index contributed by atoms with van der Waals surface area (Å²) in [4.78, 5) is 38.5. The van der Waals surface area contributed by atoms with E-state index in [1.807, 2.05) is 0 Å². The molecule has 33 heavy (non-hydrogen) atoms. The number of nitrogens with zero attached hydrogens (tertiary/aromatic N) is 1. The molecule has 0 unspecified atom stereocenters. The molecule has 0 atom stereocenters. The van der Waals surface area contributed by atoms with Gasteiger partial charge in [-0.3, -0.25) is 14.9 Å². The van der Waals surface area contributed by atoms with Crippen molar-refractivity contribution >= 4 is 63.8 Å². The summed E-state index contributed by atoms with van der Waals surface area (Å²) < 4.78 is 19.6. The van der Waals surface area contributed by atoms with Crippen molar-refractivity contribution in [3.63, 3.8) is 0 Å². The summed E-state index contributed by atoms with van der Waals surface area (Å²) in [6.07, 6.45) is 1.42. The van der Waals surface area contributed by atoms with E-state index >= 15 is 0 Å². The summed E-state index contributed by atoms with van der Waals surface area (Å²) >= 11 is 7.96. The molecule has 0 bridgehead atoms. The van der Waals surface area contributed by atoms with Crippen LogP contribution in [0.1, 0.15) is 11.1 Å². The maximum Gasteiger partial charge on any atom is 0.335 e. The van der Waals surface area contributed by atoms with Crippen LogP contribution in [0.25, 0.3) is 6.08 Å². The van der Waals surface area contributed by atoms with E-state index < -0.39 is 17.8 Å². The number of carbonyl (C=O) groups is 3. The number of anilines is 1. The molecule has 1 N–H and O–H groups in total. The summed E-state index contributed by atoms with van der Waals surface area (Å²) in [7, 11) is 0. The maximum absolute atomic E-state index is 13.0. The van der Waals surface area contributed by atoms with Gasteiger partial charge in [-0.2, -0.15) is 0 Å². The average molecular weight is 577 g/mol. The number of carbonyl (C=O) groups excluding carboxylic acids is 3. The van der Waals surface area contributed by atoms with Gasteiger partial charge in [0.1, 0.15) is 23.7 Å². The molecule has 0 saturated carbocycles. The second-order valence-electron chi connectivity index (χ2n) is 7.04. The van der Waals surface area contributed by atoms with E-state index in [1.165, 1.54) is 30.3 Å². The molecular formula is C24H15ClFIN2O4. The van der Waals surface area contributed by atoms with Crippen molar-refractivity contribution in [3.05, 3.63) is 97.8 Å². The van der Waals surface area contributed by atoms with Gasteiger partial charge >= 0.3 is 6.03 Å². The number of barbiturate groups is 1. The highest BCUT2D eigenvalue weighted by atomic mass is 127. The fourth-order valence-corrected chi connectivity index (χ4v) is 3.94. The molecular weight excluding hydrogens is 562 g/mol. The van der Waals surface area contributed by atoms with E-state index in [0.717, 1.165) is 14.0 Å². The Balaban J connectivity index is 1.55. The third kappa shape index (κ3) is 5.23. The average Bonchev–Trinajstić information content (AvgIpc) is 2.78. The summed E-state index contributed by atoms with van der Waals surface area (Å²) in [5.74, 6) is -1.23. The van der Waals surface area contributed by atoms with E-state index in [-0.39, 0.29) is 18.0 Å². The van der Waals surface area contributed by atoms with Crippen LogP contribution in [0.4, 0.5) is 14.9 Å². The van der Waals surface area contributed by atoms with Crippen LogP contribution >= 0.6 is 34.2 Å². The zero-order valence-corrected chi connectivity index (χ0v) is 19.8. The van der Waals surface area contributed by atoms with E-state index in [9.17, 15) is 18.8 Å². The quantitative estimate of drug-likeness (QED) is 0.253. The topological polar surface area (TPSA) is 75.7 Å². The first kappa shape index (κ1) is 22.9. The van der Waals surface area contributed by atoms with Crippen molar-refractivity contribution in [2.45, 2.75) is 6.61 Å². The van der Waals surface area contributed by atoms with Gasteiger partial charge in [-0.1, -0.05) is 29.8 Å². The zero-order valence-electron chi connectivity index (χ0n) is 16.8. The van der Waals surface area contributed by atoms with Gasteiger partial charge in [0.2, 0.25) is 0 Å². The van der Waals surface area contributed by atoms with Crippen molar-refractivity contribution in [1.82, 2.24) is 5.32 Å². The fraction of sp³-hybridized carbons (Fsp3) is 0.0417. The van der Waals surface area contributed by atoms with Crippen molar-refractivity contribution in [3.8, 4) is 5.75 Å². The first-order valence-electron chi connectivity index (χ1n) is 9.65. The van der Waals surface area contributed by atoms with Crippen molar-refractivity contribution in [1.29, 1.82) is 0 Å². The number of hydrogen-bond acceptors (Lipinski definition) is 4. The van der Waals surface area contributed by atoms with E-state index in [1.54, 1.807) is 42.5 Å². The van der Waals surface area contributed by atoms with Crippen molar-refractivity contribution in [2.24, 2.45) is 0 Å². The predicted octanol–water partition coefficient (Wildman–Crippen LogP) is 5.33. The number of nitrogens with one attached hydrogen (secondary N) is 1. The lowest BCUT2D eigenvalue weighted by Gasteiger charge is -2.26. The van der Waals surface area contributed by atoms with Gasteiger partial charge in [-0.25, -0.2) is 14.1 Å². The number of ether oxygens (including phenoxy) is 1. The largest absolute Gasteiger partial charge is 0.488 e. The van der Waals surface area contributed by atoms with E-state index in [0.29, 0.717) is 22.0 Å². The Labute approximate surface area is 207 Å². The standard InChI is InChI=1S/C24H15ClFIN2O4/c25-16-4-8-18(9-5-16)29-23(31)19(22(30)28-24(29)32)11-15-3-10-21(20(27)12-15)33-13-14-1-6-17(26)7-2-14/h1-12H,13H2,(H,28,30,32)/b19-11+. The highest BCUT2D eigenvalue weighted by Gasteiger charge is 2.36. The Bertz CT molecular complexity index is 1280. The van der Waals surface area contributed by atoms with Gasteiger partial charge in [0, 0.05) is 5.02 Å². The monoisotopic (exact) mass is 576 g/mol. The Kier molecular flexibility index (Phi) is 6.75. The third-order valence-electron chi connectivity index (χ3n) is 4.76. The molecule has 1 heterocycles. The Morgan fingerprint density at radius 1 is 1.00 bits per heavy atom. The van der Waals surface area contributed by atoms with Crippen LogP contribution in [0.2, 0.25) is 5.02 Å². The van der Waals surface area contributed by atoms with E-state index in [2.05, 4.69) is 27.9 Å². The van der Waals surface area contributed by atoms with Crippen LogP contribution in [0, 0.1) is 9.39 Å². The van der Waals surface area contributed by atoms with Gasteiger partial charge in [0.25, 0.3) is 11.8 Å². The summed E-state index contributed by atoms with van der Waals surface area (Å²) in [5, 5.41) is 2.64. The SMILES string of the molecule is O=C1NC(=O)N(c2ccc(Cl)cc2)C(=O)/C1=C/c1ccc(OCc2ccc(F)cc2)c(I)c1. The van der Waals surface area contributed by atoms with Gasteiger partial charge in [0.15, 0.2) is 0 Å². The highest BCUT2D eigenvalue weighted by molar-refractivity contribution is 14.1. The smallest absolute Gasteiger partial charge is 0.335 e. The molecule has 1 saturated heterocycles. The molecule has 0 spiro atoms. The van der Waals surface area contributed by atoms with Crippen molar-refractivity contribution in [2.75, 3.05) is 4.90 Å². The minimum absolute atomic E-state index is 0.180. The van der Waals surface area contributed by atoms with Crippen LogP contribution in [0.3, 0.4) is 0 Å². The summed E-state index contributed by atoms with van der Waals surface area (Å²) in [5.41, 5.74) is 1.51. The minimum Gasteiger partial charge on any atom is -0.488 e. The molecule has 0 aliphatic carbocycles. The predicted molar refractivity (Wildman–Crippen MR) is 130 cm³/mol. The summed E-state index contributed by atoms with van der Waals surface area (Å²) in [6, 6.07) is 16.5. The first-order chi connectivity index (χ1) is 15.8. The van der Waals surface area contributed by atoms with Gasteiger partial charge < -0.3 is 4.74 Å². The molecule has 4 rings (SSSR count). The number of benzene rings is 3. The third-order valence-corrected chi connectivity index (χ3v) is 5.86. The van der Waals surface area contributed by atoms with E-state index in [4.69, 9.17) is 16.3 Å². The zero-order chi connectivity index (χ0) is 23.5. The van der Waals surface area contributed by atoms with Crippen LogP contribution in [0.15, 0.2) is 72.3 Å².